The van der Waals surface area contributed by atoms with Crippen molar-refractivity contribution in [3.05, 3.63) is 36.4 Å². The molecule has 0 fully saturated rings. The van der Waals surface area contributed by atoms with Crippen LogP contribution in [0.1, 0.15) is 360 Å². The van der Waals surface area contributed by atoms with Gasteiger partial charge in [-0.3, -0.25) is 0 Å². The summed E-state index contributed by atoms with van der Waals surface area (Å²) in [6.07, 6.45) is 30.4. The van der Waals surface area contributed by atoms with E-state index < -0.39 is 0 Å². The molecule has 4 aromatic rings. The van der Waals surface area contributed by atoms with Crippen LogP contribution in [0.5, 0.6) is 51.7 Å². The summed E-state index contributed by atoms with van der Waals surface area (Å²) in [5, 5.41) is 0. The third-order valence-corrected chi connectivity index (χ3v) is 22.5. The Balaban J connectivity index is 2.32. The SMILES string of the molecule is CC(C)CCC[C@H](C)COc1cc(-c2nc(-c3cc(OC[C@@H](C)CCCC(C)C)c(OC[C@@H](C)CCCC(C)C)c(OC[C@@H](C)CCCC(C)C)c3)nc(-c3cc(OC[C@@H](C)CCCC(C)C)c(OC[C@@H](C)CCCC(C)C)c(OC[C@@H](C)CCCC(C)C)c3)n2)cc(OC[C@@H](C)CCCC(C)C)c1OC[C@@H](C)CCCC(C)C. The van der Waals surface area contributed by atoms with Crippen LogP contribution in [0, 0.1) is 107 Å². The maximum absolute atomic E-state index is 7.22. The van der Waals surface area contributed by atoms with E-state index in [1.54, 1.807) is 0 Å². The summed E-state index contributed by atoms with van der Waals surface area (Å²) < 4.78 is 64.8. The maximum Gasteiger partial charge on any atom is 0.203 e. The predicted molar refractivity (Wildman–Crippen MR) is 486 cm³/mol. The maximum atomic E-state index is 7.22. The van der Waals surface area contributed by atoms with Gasteiger partial charge in [0.05, 0.1) is 59.5 Å². The zero-order valence-corrected chi connectivity index (χ0v) is 78.8. The molecule has 9 atom stereocenters. The Bertz CT molecular complexity index is 2680. The molecule has 3 aromatic carbocycles. The molecule has 4 rings (SSSR count). The summed E-state index contributed by atoms with van der Waals surface area (Å²) in [4.78, 5) is 17.1. The minimum absolute atomic E-state index is 0.286. The van der Waals surface area contributed by atoms with E-state index in [4.69, 9.17) is 57.6 Å². The Labute approximate surface area is 702 Å². The van der Waals surface area contributed by atoms with Crippen molar-refractivity contribution in [2.75, 3.05) is 59.5 Å². The highest BCUT2D eigenvalue weighted by Crippen LogP contribution is 2.48. The summed E-state index contributed by atoms with van der Waals surface area (Å²) in [6, 6.07) is 12.6. The quantitative estimate of drug-likeness (QED) is 0.0418. The van der Waals surface area contributed by atoms with Crippen LogP contribution in [0.4, 0.5) is 0 Å². The number of aromatic nitrogens is 3. The van der Waals surface area contributed by atoms with Crippen LogP contribution in [0.15, 0.2) is 36.4 Å². The molecule has 0 spiro atoms. The molecule has 12 heteroatoms. The number of rotatable bonds is 66. The van der Waals surface area contributed by atoms with Gasteiger partial charge in [-0.25, -0.2) is 15.0 Å². The Morgan fingerprint density at radius 1 is 0.175 bits per heavy atom. The minimum atomic E-state index is 0.286. The van der Waals surface area contributed by atoms with Crippen LogP contribution in [-0.2, 0) is 0 Å². The summed E-state index contributed by atoms with van der Waals surface area (Å²) in [5.41, 5.74) is 2.16. The van der Waals surface area contributed by atoms with Crippen molar-refractivity contribution in [3.8, 4) is 85.9 Å². The first kappa shape index (κ1) is 101. The van der Waals surface area contributed by atoms with Crippen LogP contribution < -0.4 is 42.6 Å². The van der Waals surface area contributed by atoms with Crippen LogP contribution in [0.2, 0.25) is 0 Å². The molecule has 0 bridgehead atoms. The van der Waals surface area contributed by atoms with E-state index in [1.807, 2.05) is 0 Å². The summed E-state index contributed by atoms with van der Waals surface area (Å²) in [6.45, 7) is 67.1. The zero-order chi connectivity index (χ0) is 84.2. The molecular formula is C102H177N3O9. The number of hydrogen-bond donors (Lipinski definition) is 0. The monoisotopic (exact) mass is 1590 g/mol. The molecule has 0 saturated carbocycles. The molecule has 0 radical (unpaired) electrons. The Hall–Kier alpha value is -5.13. The molecule has 1 heterocycles. The molecule has 0 aliphatic carbocycles. The minimum Gasteiger partial charge on any atom is -0.489 e. The van der Waals surface area contributed by atoms with E-state index in [-0.39, 0.29) is 35.5 Å². The van der Waals surface area contributed by atoms with Gasteiger partial charge >= 0.3 is 0 Å². The lowest BCUT2D eigenvalue weighted by atomic mass is 10.00. The lowest BCUT2D eigenvalue weighted by Crippen LogP contribution is -2.15. The van der Waals surface area contributed by atoms with Crippen molar-refractivity contribution in [1.29, 1.82) is 0 Å². The Kier molecular flexibility index (Phi) is 50.0. The van der Waals surface area contributed by atoms with Gasteiger partial charge in [-0.2, -0.15) is 0 Å². The van der Waals surface area contributed by atoms with Crippen molar-refractivity contribution in [1.82, 2.24) is 15.0 Å². The Morgan fingerprint density at radius 2 is 0.298 bits per heavy atom. The van der Waals surface area contributed by atoms with Crippen LogP contribution in [0.25, 0.3) is 34.2 Å². The van der Waals surface area contributed by atoms with Gasteiger partial charge in [-0.1, -0.05) is 303 Å². The van der Waals surface area contributed by atoms with Crippen molar-refractivity contribution in [3.63, 3.8) is 0 Å². The average molecular weight is 1590 g/mol. The van der Waals surface area contributed by atoms with Crippen LogP contribution >= 0.6 is 0 Å². The molecule has 0 saturated heterocycles. The number of ether oxygens (including phenoxy) is 9. The number of benzene rings is 3. The largest absolute Gasteiger partial charge is 0.489 e. The highest BCUT2D eigenvalue weighted by molar-refractivity contribution is 5.74. The molecule has 114 heavy (non-hydrogen) atoms. The second-order valence-corrected chi connectivity index (χ2v) is 40.4. The van der Waals surface area contributed by atoms with E-state index >= 15 is 0 Å². The van der Waals surface area contributed by atoms with Crippen molar-refractivity contribution in [2.45, 2.75) is 360 Å². The van der Waals surface area contributed by atoms with Gasteiger partial charge in [0.1, 0.15) is 0 Å². The summed E-state index contributed by atoms with van der Waals surface area (Å²) >= 11 is 0. The van der Waals surface area contributed by atoms with Crippen molar-refractivity contribution < 1.29 is 42.6 Å². The van der Waals surface area contributed by atoms with E-state index in [0.717, 1.165) is 132 Å². The van der Waals surface area contributed by atoms with Crippen LogP contribution in [0.3, 0.4) is 0 Å². The molecule has 1 aromatic heterocycles. The molecule has 654 valence electrons. The Morgan fingerprint density at radius 3 is 0.421 bits per heavy atom. The lowest BCUT2D eigenvalue weighted by molar-refractivity contribution is 0.191. The van der Waals surface area contributed by atoms with Gasteiger partial charge in [0.15, 0.2) is 52.0 Å². The second kappa shape index (κ2) is 56.3. The van der Waals surface area contributed by atoms with Gasteiger partial charge < -0.3 is 42.6 Å². The number of nitrogens with zero attached hydrogens (tertiary/aromatic N) is 3. The molecule has 0 amide bonds. The molecule has 0 aliphatic rings. The topological polar surface area (TPSA) is 122 Å². The average Bonchev–Trinajstić information content (AvgIpc) is 0.771. The molecule has 0 aliphatic heterocycles. The van der Waals surface area contributed by atoms with Gasteiger partial charge in [-0.15, -0.1) is 0 Å². The fraction of sp³-hybridized carbons (Fsp3) is 0.794. The van der Waals surface area contributed by atoms with Crippen molar-refractivity contribution >= 4 is 0 Å². The van der Waals surface area contributed by atoms with Gasteiger partial charge in [0.2, 0.25) is 17.2 Å². The van der Waals surface area contributed by atoms with E-state index in [0.29, 0.717) is 200 Å². The normalized spacial score (nSPS) is 14.5. The zero-order valence-electron chi connectivity index (χ0n) is 78.8. The standard InChI is InChI=1S/C102H177N3O9/c1-70(2)37-28-46-79(19)61-106-91-55-88(56-92(107-62-80(20)47-29-38-71(3)4)97(91)112-67-85(25)52-34-43-76(13)14)100-103-101(89-57-93(108-63-81(21)48-30-39-72(5)6)98(113-68-86(26)53-35-44-77(15)16)94(58-89)109-64-82(22)49-31-40-73(7)8)105-102(104-100)90-59-95(110-65-83(23)50-32-41-74(9)10)99(114-69-87(27)54-36-45-78(17)18)96(60-90)111-66-84(24)51-33-42-75(11)12/h55-60,70-87H,28-54,61-69H2,1-27H3/t79-,80-,81-,82-,83-,84-,85-,86-,87-/m0/s1. The first-order valence-electron chi connectivity index (χ1n) is 47.1. The molecular weight excluding hydrogens is 1410 g/mol. The predicted octanol–water partition coefficient (Wildman–Crippen LogP) is 30.4. The lowest BCUT2D eigenvalue weighted by Gasteiger charge is -2.23. The third kappa shape index (κ3) is 43.5. The number of hydrogen-bond acceptors (Lipinski definition) is 12. The van der Waals surface area contributed by atoms with Gasteiger partial charge in [-0.05, 0) is 201 Å². The molecule has 12 nitrogen and oxygen atoms in total. The smallest absolute Gasteiger partial charge is 0.203 e. The van der Waals surface area contributed by atoms with Gasteiger partial charge in [0.25, 0.3) is 0 Å². The van der Waals surface area contributed by atoms with Gasteiger partial charge in [0, 0.05) is 16.7 Å². The van der Waals surface area contributed by atoms with Crippen molar-refractivity contribution in [2.24, 2.45) is 107 Å². The third-order valence-electron chi connectivity index (χ3n) is 22.5. The fourth-order valence-corrected chi connectivity index (χ4v) is 14.6. The first-order valence-corrected chi connectivity index (χ1v) is 47.1. The summed E-state index contributed by atoms with van der Waals surface area (Å²) in [7, 11) is 0. The molecule has 0 unspecified atom stereocenters. The first-order chi connectivity index (χ1) is 54.1. The van der Waals surface area contributed by atoms with E-state index in [1.165, 1.54) is 57.8 Å². The molecule has 0 N–H and O–H groups in total. The highest BCUT2D eigenvalue weighted by Gasteiger charge is 2.28. The fourth-order valence-electron chi connectivity index (χ4n) is 14.6. The summed E-state index contributed by atoms with van der Waals surface area (Å²) in [5.74, 6) is 15.3. The van der Waals surface area contributed by atoms with E-state index in [9.17, 15) is 0 Å². The van der Waals surface area contributed by atoms with Crippen LogP contribution in [-0.4, -0.2) is 74.4 Å². The van der Waals surface area contributed by atoms with E-state index in [2.05, 4.69) is 223 Å². The second-order valence-electron chi connectivity index (χ2n) is 40.4. The highest BCUT2D eigenvalue weighted by atomic mass is 16.6.